The zero-order valence-corrected chi connectivity index (χ0v) is 21.2. The third kappa shape index (κ3) is 3.01. The van der Waals surface area contributed by atoms with E-state index in [2.05, 4.69) is 12.2 Å². The summed E-state index contributed by atoms with van der Waals surface area (Å²) in [5.74, 6) is -0.130. The maximum absolute atomic E-state index is 13.3. The van der Waals surface area contributed by atoms with E-state index in [0.29, 0.717) is 17.1 Å². The number of hydrogen-bond acceptors (Lipinski definition) is 6. The Morgan fingerprint density at radius 3 is 2.56 bits per heavy atom. The van der Waals surface area contributed by atoms with Gasteiger partial charge in [0, 0.05) is 5.41 Å². The second kappa shape index (κ2) is 7.18. The molecule has 1 spiro atoms. The number of benzene rings is 1. The van der Waals surface area contributed by atoms with E-state index in [9.17, 15) is 23.9 Å². The SMILES string of the molecule is CSC1=CC23Oc4c(ccc5c4C(OP(=O)(O)O)NC5=O)CC2(C)C(C)=CC=C3C(C)(C)C1=O. The third-order valence-corrected chi connectivity index (χ3v) is 8.93. The van der Waals surface area contributed by atoms with Crippen LogP contribution in [0.5, 0.6) is 5.75 Å². The number of hydrogen-bond donors (Lipinski definition) is 3. The molecule has 0 aromatic heterocycles. The average Bonchev–Trinajstić information content (AvgIpc) is 3.04. The largest absolute Gasteiger partial charge is 0.477 e. The van der Waals surface area contributed by atoms with Crippen molar-refractivity contribution in [2.24, 2.45) is 10.8 Å². The van der Waals surface area contributed by atoms with Crippen LogP contribution in [0.3, 0.4) is 0 Å². The van der Waals surface area contributed by atoms with E-state index < -0.39 is 36.4 Å². The molecule has 3 unspecified atom stereocenters. The van der Waals surface area contributed by atoms with E-state index in [-0.39, 0.29) is 16.9 Å². The van der Waals surface area contributed by atoms with Gasteiger partial charge in [0.05, 0.1) is 21.4 Å². The zero-order chi connectivity index (χ0) is 24.8. The predicted octanol–water partition coefficient (Wildman–Crippen LogP) is 3.96. The molecule has 1 aromatic rings. The number of phosphoric acid groups is 1. The highest BCUT2D eigenvalue weighted by Gasteiger charge is 2.63. The van der Waals surface area contributed by atoms with Crippen molar-refractivity contribution in [1.29, 1.82) is 0 Å². The average molecular weight is 504 g/mol. The van der Waals surface area contributed by atoms with Gasteiger partial charge in [-0.2, -0.15) is 0 Å². The highest BCUT2D eigenvalue weighted by Crippen LogP contribution is 2.63. The summed E-state index contributed by atoms with van der Waals surface area (Å²) in [6.45, 7) is 7.92. The number of allylic oxidation sites excluding steroid dienone is 3. The number of amides is 1. The predicted molar refractivity (Wildman–Crippen MR) is 127 cm³/mol. The van der Waals surface area contributed by atoms with Crippen LogP contribution in [0.1, 0.15) is 55.4 Å². The molecule has 0 bridgehead atoms. The Kier molecular flexibility index (Phi) is 4.98. The van der Waals surface area contributed by atoms with Gasteiger partial charge >= 0.3 is 7.82 Å². The number of Topliss-reactive ketones (excluding diaryl/α,β-unsaturated/α-hetero) is 1. The van der Waals surface area contributed by atoms with Gasteiger partial charge in [-0.05, 0) is 56.7 Å². The first-order valence-corrected chi connectivity index (χ1v) is 13.6. The summed E-state index contributed by atoms with van der Waals surface area (Å²) in [6.07, 6.45) is 6.91. The molecule has 2 aliphatic carbocycles. The molecule has 5 rings (SSSR count). The Labute approximate surface area is 201 Å². The van der Waals surface area contributed by atoms with E-state index in [4.69, 9.17) is 9.26 Å². The van der Waals surface area contributed by atoms with Gasteiger partial charge in [-0.25, -0.2) is 4.57 Å². The van der Waals surface area contributed by atoms with Crippen LogP contribution in [0.4, 0.5) is 0 Å². The molecule has 4 aliphatic rings. The maximum Gasteiger partial charge on any atom is 0.471 e. The summed E-state index contributed by atoms with van der Waals surface area (Å²) >= 11 is 1.37. The zero-order valence-electron chi connectivity index (χ0n) is 19.5. The lowest BCUT2D eigenvalue weighted by atomic mass is 9.52. The molecule has 2 heterocycles. The van der Waals surface area contributed by atoms with Crippen molar-refractivity contribution in [1.82, 2.24) is 5.32 Å². The molecule has 3 atom stereocenters. The fourth-order valence-corrected chi connectivity index (χ4v) is 6.86. The number of phosphoric ester groups is 1. The molecule has 3 N–H and O–H groups in total. The van der Waals surface area contributed by atoms with Crippen LogP contribution in [0.2, 0.25) is 0 Å². The Morgan fingerprint density at radius 1 is 1.21 bits per heavy atom. The highest BCUT2D eigenvalue weighted by atomic mass is 32.2. The second-order valence-corrected chi connectivity index (χ2v) is 11.9. The minimum absolute atomic E-state index is 0.0134. The summed E-state index contributed by atoms with van der Waals surface area (Å²) in [6, 6.07) is 3.45. The van der Waals surface area contributed by atoms with Crippen LogP contribution < -0.4 is 10.1 Å². The van der Waals surface area contributed by atoms with E-state index in [1.165, 1.54) is 11.8 Å². The lowest BCUT2D eigenvalue weighted by Gasteiger charge is -2.58. The van der Waals surface area contributed by atoms with Crippen LogP contribution in [0.25, 0.3) is 0 Å². The molecule has 0 saturated heterocycles. The molecule has 0 radical (unpaired) electrons. The van der Waals surface area contributed by atoms with Crippen molar-refractivity contribution in [2.75, 3.05) is 6.26 Å². The monoisotopic (exact) mass is 503 g/mol. The molecule has 0 fully saturated rings. The van der Waals surface area contributed by atoms with Gasteiger partial charge < -0.3 is 19.8 Å². The minimum Gasteiger partial charge on any atom is -0.477 e. The first-order chi connectivity index (χ1) is 15.7. The van der Waals surface area contributed by atoms with E-state index in [1.54, 1.807) is 6.07 Å². The molecule has 1 aromatic carbocycles. The Bertz CT molecular complexity index is 1310. The smallest absolute Gasteiger partial charge is 0.471 e. The van der Waals surface area contributed by atoms with Gasteiger partial charge in [-0.3, -0.25) is 14.1 Å². The fraction of sp³-hybridized carbons (Fsp3) is 0.417. The number of carbonyl (C=O) groups is 2. The van der Waals surface area contributed by atoms with Crippen LogP contribution in [0, 0.1) is 10.8 Å². The van der Waals surface area contributed by atoms with Crippen molar-refractivity contribution < 1.29 is 33.2 Å². The van der Waals surface area contributed by atoms with Gasteiger partial charge in [0.15, 0.2) is 17.6 Å². The summed E-state index contributed by atoms with van der Waals surface area (Å²) in [5, 5.41) is 2.50. The number of fused-ring (bicyclic) bond motifs is 3. The molecule has 34 heavy (non-hydrogen) atoms. The molecular formula is C24H26NO7PS. The van der Waals surface area contributed by atoms with E-state index >= 15 is 0 Å². The van der Waals surface area contributed by atoms with Crippen molar-refractivity contribution >= 4 is 31.3 Å². The Hall–Kier alpha value is -2.16. The van der Waals surface area contributed by atoms with E-state index in [1.807, 2.05) is 51.3 Å². The molecule has 0 saturated carbocycles. The van der Waals surface area contributed by atoms with E-state index in [0.717, 1.165) is 16.7 Å². The highest BCUT2D eigenvalue weighted by molar-refractivity contribution is 8.03. The van der Waals surface area contributed by atoms with Gasteiger partial charge in [-0.1, -0.05) is 30.7 Å². The van der Waals surface area contributed by atoms with Crippen molar-refractivity contribution in [3.05, 3.63) is 63.1 Å². The van der Waals surface area contributed by atoms with Gasteiger partial charge in [0.2, 0.25) is 0 Å². The van der Waals surface area contributed by atoms with Gasteiger partial charge in [-0.15, -0.1) is 11.8 Å². The molecule has 10 heteroatoms. The summed E-state index contributed by atoms with van der Waals surface area (Å²) < 4.78 is 23.4. The third-order valence-electron chi connectivity index (χ3n) is 7.71. The molecule has 180 valence electrons. The molecule has 2 aliphatic heterocycles. The van der Waals surface area contributed by atoms with Gasteiger partial charge in [0.25, 0.3) is 5.91 Å². The summed E-state index contributed by atoms with van der Waals surface area (Å²) in [4.78, 5) is 45.4. The van der Waals surface area contributed by atoms with Crippen LogP contribution in [-0.2, 0) is 20.3 Å². The standard InChI is InChI=1S/C24H26NO7PS/c1-12-6-9-16-22(2,3)19(26)15(34-5)11-24(16)23(12,4)10-13-7-8-14-17(18(13)31-24)21(25-20(14)27)32-33(28,29)30/h6-9,11,21H,10H2,1-5H3,(H,25,27)(H2,28,29,30). The first-order valence-electron chi connectivity index (χ1n) is 10.9. The number of carbonyl (C=O) groups excluding carboxylic acids is 2. The molecule has 8 nitrogen and oxygen atoms in total. The summed E-state index contributed by atoms with van der Waals surface area (Å²) in [7, 11) is -4.91. The maximum atomic E-state index is 13.3. The quantitative estimate of drug-likeness (QED) is 0.530. The number of thioether (sulfide) groups is 1. The Balaban J connectivity index is 1.79. The van der Waals surface area contributed by atoms with Crippen LogP contribution >= 0.6 is 19.6 Å². The molecule has 1 amide bonds. The molecular weight excluding hydrogens is 477 g/mol. The van der Waals surface area contributed by atoms with Crippen molar-refractivity contribution in [3.8, 4) is 5.75 Å². The van der Waals surface area contributed by atoms with Crippen LogP contribution in [-0.4, -0.2) is 33.3 Å². The van der Waals surface area contributed by atoms with Crippen LogP contribution in [0.15, 0.2) is 46.4 Å². The first kappa shape index (κ1) is 23.6. The number of ether oxygens (including phenoxy) is 1. The Morgan fingerprint density at radius 2 is 1.91 bits per heavy atom. The number of nitrogens with one attached hydrogen (secondary N) is 1. The number of ketones is 1. The number of rotatable bonds is 3. The second-order valence-electron chi connectivity index (χ2n) is 9.91. The minimum atomic E-state index is -4.91. The topological polar surface area (TPSA) is 122 Å². The van der Waals surface area contributed by atoms with Crippen molar-refractivity contribution in [2.45, 2.75) is 45.9 Å². The van der Waals surface area contributed by atoms with Crippen molar-refractivity contribution in [3.63, 3.8) is 0 Å². The lowest BCUT2D eigenvalue weighted by molar-refractivity contribution is -0.124. The normalized spacial score (nSPS) is 31.1. The fourth-order valence-electron chi connectivity index (χ4n) is 5.71. The summed E-state index contributed by atoms with van der Waals surface area (Å²) in [5.41, 5.74) is 0.802. The van der Waals surface area contributed by atoms with Gasteiger partial charge in [0.1, 0.15) is 5.75 Å². The lowest BCUT2D eigenvalue weighted by Crippen LogP contribution is -2.62.